The molecule has 0 aliphatic carbocycles. The first-order valence-corrected chi connectivity index (χ1v) is 5.95. The Morgan fingerprint density at radius 2 is 2.43 bits per heavy atom. The van der Waals surface area contributed by atoms with Crippen LogP contribution in [0.5, 0.6) is 0 Å². The summed E-state index contributed by atoms with van der Waals surface area (Å²) in [5.41, 5.74) is 1.53. The number of nitrogens with zero attached hydrogens (tertiary/aromatic N) is 1. The molecule has 0 saturated heterocycles. The average molecular weight is 210 g/mol. The van der Waals surface area contributed by atoms with Crippen LogP contribution in [0, 0.1) is 0 Å². The molecule has 0 radical (unpaired) electrons. The van der Waals surface area contributed by atoms with Gasteiger partial charge in [-0.05, 0) is 26.3 Å². The molecule has 2 heterocycles. The van der Waals surface area contributed by atoms with Crippen LogP contribution in [0.2, 0.25) is 0 Å². The van der Waals surface area contributed by atoms with Crippen LogP contribution in [-0.2, 0) is 6.42 Å². The lowest BCUT2D eigenvalue weighted by atomic mass is 10.1. The largest absolute Gasteiger partial charge is 0.313 e. The van der Waals surface area contributed by atoms with Crippen LogP contribution in [0.15, 0.2) is 23.2 Å². The summed E-state index contributed by atoms with van der Waals surface area (Å²) in [4.78, 5) is 4.05. The summed E-state index contributed by atoms with van der Waals surface area (Å²) >= 11 is 1.71. The number of hydrogen-bond donors (Lipinski definition) is 1. The summed E-state index contributed by atoms with van der Waals surface area (Å²) in [6.07, 6.45) is 6.38. The Kier molecular flexibility index (Phi) is 5.49. The van der Waals surface area contributed by atoms with Crippen molar-refractivity contribution in [2.24, 2.45) is 0 Å². The Labute approximate surface area is 90.1 Å². The van der Waals surface area contributed by atoms with Crippen LogP contribution in [-0.4, -0.2) is 18.1 Å². The van der Waals surface area contributed by atoms with Crippen molar-refractivity contribution in [3.8, 4) is 0 Å². The SMILES string of the molecule is CC1=CCNCC1.CCc1nccs1. The number of aryl methyl sites for hydroxylation is 1. The Hall–Kier alpha value is -0.670. The highest BCUT2D eigenvalue weighted by Crippen LogP contribution is 2.02. The molecular formula is C11H18N2S. The highest BCUT2D eigenvalue weighted by Gasteiger charge is 1.93. The molecule has 1 aromatic rings. The van der Waals surface area contributed by atoms with Crippen LogP contribution in [0.3, 0.4) is 0 Å². The normalized spacial score (nSPS) is 15.4. The lowest BCUT2D eigenvalue weighted by Gasteiger charge is -2.08. The first-order valence-electron chi connectivity index (χ1n) is 5.07. The molecule has 0 spiro atoms. The highest BCUT2D eigenvalue weighted by molar-refractivity contribution is 7.09. The van der Waals surface area contributed by atoms with Crippen molar-refractivity contribution < 1.29 is 0 Å². The van der Waals surface area contributed by atoms with Gasteiger partial charge in [0.05, 0.1) is 5.01 Å². The van der Waals surface area contributed by atoms with Gasteiger partial charge in [0.15, 0.2) is 0 Å². The van der Waals surface area contributed by atoms with Crippen molar-refractivity contribution >= 4 is 11.3 Å². The number of thiazole rings is 1. The second kappa shape index (κ2) is 6.74. The molecule has 0 aromatic carbocycles. The molecule has 0 bridgehead atoms. The van der Waals surface area contributed by atoms with Gasteiger partial charge in [-0.25, -0.2) is 4.98 Å². The zero-order valence-corrected chi connectivity index (χ0v) is 9.73. The molecule has 1 aliphatic heterocycles. The molecule has 0 saturated carbocycles. The van der Waals surface area contributed by atoms with E-state index in [0.717, 1.165) is 13.0 Å². The standard InChI is InChI=1S/C6H11N.C5H7NS/c1-6-2-4-7-5-3-6;1-2-5-6-3-4-7-5/h2,7H,3-5H2,1H3;3-4H,2H2,1H3. The topological polar surface area (TPSA) is 24.9 Å². The summed E-state index contributed by atoms with van der Waals surface area (Å²) in [7, 11) is 0. The first-order chi connectivity index (χ1) is 6.83. The zero-order valence-electron chi connectivity index (χ0n) is 8.92. The molecular weight excluding hydrogens is 192 g/mol. The first kappa shape index (κ1) is 11.4. The Morgan fingerprint density at radius 1 is 1.57 bits per heavy atom. The summed E-state index contributed by atoms with van der Waals surface area (Å²) in [6.45, 7) is 6.54. The minimum atomic E-state index is 1.07. The fourth-order valence-corrected chi connectivity index (χ4v) is 1.73. The number of hydrogen-bond acceptors (Lipinski definition) is 3. The molecule has 2 nitrogen and oxygen atoms in total. The maximum Gasteiger partial charge on any atom is 0.0922 e. The van der Waals surface area contributed by atoms with E-state index >= 15 is 0 Å². The summed E-state index contributed by atoms with van der Waals surface area (Å²) in [6, 6.07) is 0. The van der Waals surface area contributed by atoms with Crippen LogP contribution < -0.4 is 5.32 Å². The van der Waals surface area contributed by atoms with Crippen molar-refractivity contribution in [2.75, 3.05) is 13.1 Å². The van der Waals surface area contributed by atoms with Gasteiger partial charge in [-0.3, -0.25) is 0 Å². The van der Waals surface area contributed by atoms with E-state index < -0.39 is 0 Å². The molecule has 1 N–H and O–H groups in total. The molecule has 0 amide bonds. The van der Waals surface area contributed by atoms with E-state index in [1.807, 2.05) is 11.6 Å². The van der Waals surface area contributed by atoms with Crippen molar-refractivity contribution in [1.29, 1.82) is 0 Å². The van der Waals surface area contributed by atoms with Gasteiger partial charge in [0.25, 0.3) is 0 Å². The number of nitrogens with one attached hydrogen (secondary N) is 1. The van der Waals surface area contributed by atoms with Gasteiger partial charge in [0.2, 0.25) is 0 Å². The van der Waals surface area contributed by atoms with E-state index in [1.165, 1.54) is 23.5 Å². The number of aromatic nitrogens is 1. The lowest BCUT2D eigenvalue weighted by molar-refractivity contribution is 0.703. The molecule has 0 fully saturated rings. The summed E-state index contributed by atoms with van der Waals surface area (Å²) in [5, 5.41) is 6.46. The van der Waals surface area contributed by atoms with Crippen molar-refractivity contribution in [3.63, 3.8) is 0 Å². The van der Waals surface area contributed by atoms with Crippen LogP contribution >= 0.6 is 11.3 Å². The Balaban J connectivity index is 0.000000140. The van der Waals surface area contributed by atoms with Crippen LogP contribution in [0.1, 0.15) is 25.3 Å². The van der Waals surface area contributed by atoms with E-state index in [2.05, 4.69) is 30.2 Å². The van der Waals surface area contributed by atoms with Crippen LogP contribution in [0.4, 0.5) is 0 Å². The minimum absolute atomic E-state index is 1.07. The second-order valence-electron chi connectivity index (χ2n) is 3.28. The Morgan fingerprint density at radius 3 is 2.71 bits per heavy atom. The lowest BCUT2D eigenvalue weighted by Crippen LogP contribution is -2.19. The molecule has 1 aromatic heterocycles. The van der Waals surface area contributed by atoms with Crippen molar-refractivity contribution in [3.05, 3.63) is 28.2 Å². The predicted octanol–water partition coefficient (Wildman–Crippen LogP) is 2.63. The van der Waals surface area contributed by atoms with Crippen molar-refractivity contribution in [2.45, 2.75) is 26.7 Å². The zero-order chi connectivity index (χ0) is 10.2. The second-order valence-corrected chi connectivity index (χ2v) is 4.26. The monoisotopic (exact) mass is 210 g/mol. The maximum absolute atomic E-state index is 4.05. The quantitative estimate of drug-likeness (QED) is 0.721. The fourth-order valence-electron chi connectivity index (χ4n) is 1.16. The van der Waals surface area contributed by atoms with E-state index in [1.54, 1.807) is 11.3 Å². The van der Waals surface area contributed by atoms with Crippen molar-refractivity contribution in [1.82, 2.24) is 10.3 Å². The van der Waals surface area contributed by atoms with Gasteiger partial charge in [-0.2, -0.15) is 0 Å². The minimum Gasteiger partial charge on any atom is -0.313 e. The van der Waals surface area contributed by atoms with Crippen LogP contribution in [0.25, 0.3) is 0 Å². The van der Waals surface area contributed by atoms with Gasteiger partial charge >= 0.3 is 0 Å². The molecule has 2 rings (SSSR count). The third-order valence-electron chi connectivity index (χ3n) is 2.08. The molecule has 1 aliphatic rings. The Bertz CT molecular complexity index is 265. The maximum atomic E-state index is 4.05. The van der Waals surface area contributed by atoms with E-state index in [0.29, 0.717) is 0 Å². The van der Waals surface area contributed by atoms with E-state index in [9.17, 15) is 0 Å². The van der Waals surface area contributed by atoms with Gasteiger partial charge in [0, 0.05) is 18.1 Å². The molecule has 0 unspecified atom stereocenters. The van der Waals surface area contributed by atoms with E-state index in [4.69, 9.17) is 0 Å². The van der Waals surface area contributed by atoms with E-state index in [-0.39, 0.29) is 0 Å². The third-order valence-corrected chi connectivity index (χ3v) is 3.00. The van der Waals surface area contributed by atoms with Gasteiger partial charge in [0.1, 0.15) is 0 Å². The third kappa shape index (κ3) is 4.53. The summed E-state index contributed by atoms with van der Waals surface area (Å²) < 4.78 is 0. The van der Waals surface area contributed by atoms with Gasteiger partial charge in [-0.15, -0.1) is 11.3 Å². The fraction of sp³-hybridized carbons (Fsp3) is 0.545. The molecule has 0 atom stereocenters. The molecule has 78 valence electrons. The highest BCUT2D eigenvalue weighted by atomic mass is 32.1. The smallest absolute Gasteiger partial charge is 0.0922 e. The van der Waals surface area contributed by atoms with Gasteiger partial charge in [-0.1, -0.05) is 18.6 Å². The van der Waals surface area contributed by atoms with Gasteiger partial charge < -0.3 is 5.32 Å². The number of rotatable bonds is 1. The predicted molar refractivity (Wildman–Crippen MR) is 62.7 cm³/mol. The summed E-state index contributed by atoms with van der Waals surface area (Å²) in [5.74, 6) is 0. The molecule has 3 heteroatoms. The average Bonchev–Trinajstić information content (AvgIpc) is 2.72. The molecule has 14 heavy (non-hydrogen) atoms.